The predicted octanol–water partition coefficient (Wildman–Crippen LogP) is 0.131. The molecule has 0 unspecified atom stereocenters. The van der Waals surface area contributed by atoms with Crippen molar-refractivity contribution in [2.75, 3.05) is 13.2 Å². The number of hydrogen-bond acceptors (Lipinski definition) is 2. The minimum Gasteiger partial charge on any atom is -0.396 e. The van der Waals surface area contributed by atoms with E-state index < -0.39 is 0 Å². The average Bonchev–Trinajstić information content (AvgIpc) is 1.68. The highest BCUT2D eigenvalue weighted by Gasteiger charge is 1.96. The van der Waals surface area contributed by atoms with Crippen LogP contribution in [0, 0.1) is 0 Å². The molecule has 7 heavy (non-hydrogen) atoms. The first-order valence-corrected chi connectivity index (χ1v) is 3.50. The number of nitrogens with two attached hydrogens (primary N) is 1. The van der Waals surface area contributed by atoms with Crippen LogP contribution in [0.1, 0.15) is 6.42 Å². The van der Waals surface area contributed by atoms with Gasteiger partial charge in [-0.1, -0.05) is 22.6 Å². The van der Waals surface area contributed by atoms with Gasteiger partial charge in [-0.2, -0.15) is 0 Å². The lowest BCUT2D eigenvalue weighted by atomic mass is 10.3. The molecule has 0 aromatic carbocycles. The van der Waals surface area contributed by atoms with E-state index in [1.165, 1.54) is 0 Å². The molecule has 44 valence electrons. The Balaban J connectivity index is 2.83. The Morgan fingerprint density at radius 3 is 2.43 bits per heavy atom. The van der Waals surface area contributed by atoms with Crippen LogP contribution in [0.5, 0.6) is 0 Å². The summed E-state index contributed by atoms with van der Waals surface area (Å²) in [5.74, 6) is 0. The highest BCUT2D eigenvalue weighted by atomic mass is 127. The van der Waals surface area contributed by atoms with Crippen LogP contribution in [0.3, 0.4) is 0 Å². The van der Waals surface area contributed by atoms with Gasteiger partial charge in [-0.3, -0.25) is 0 Å². The smallest absolute Gasteiger partial charge is 0.0441 e. The minimum absolute atomic E-state index is 0.255. The van der Waals surface area contributed by atoms with Gasteiger partial charge in [0, 0.05) is 17.1 Å². The molecule has 0 aromatic rings. The molecular formula is C4H10INO. The van der Waals surface area contributed by atoms with E-state index in [1.54, 1.807) is 0 Å². The van der Waals surface area contributed by atoms with Gasteiger partial charge in [0.25, 0.3) is 0 Å². The molecule has 3 heteroatoms. The Kier molecular flexibility index (Phi) is 5.25. The van der Waals surface area contributed by atoms with Crippen molar-refractivity contribution in [1.82, 2.24) is 0 Å². The number of aliphatic hydroxyl groups excluding tert-OH is 1. The lowest BCUT2D eigenvalue weighted by Crippen LogP contribution is -2.14. The summed E-state index contributed by atoms with van der Waals surface area (Å²) in [6, 6.07) is 0. The zero-order chi connectivity index (χ0) is 5.70. The van der Waals surface area contributed by atoms with Crippen LogP contribution in [-0.2, 0) is 0 Å². The summed E-state index contributed by atoms with van der Waals surface area (Å²) in [5, 5.41) is 8.31. The van der Waals surface area contributed by atoms with Crippen molar-refractivity contribution < 1.29 is 5.11 Å². The number of alkyl halides is 1. The molecule has 0 aromatic heterocycles. The zero-order valence-electron chi connectivity index (χ0n) is 4.10. The summed E-state index contributed by atoms with van der Waals surface area (Å²) in [4.78, 5) is 0. The van der Waals surface area contributed by atoms with E-state index >= 15 is 0 Å². The SMILES string of the molecule is NC[C@@H](I)CCO. The van der Waals surface area contributed by atoms with E-state index in [0.29, 0.717) is 10.5 Å². The molecule has 0 amide bonds. The van der Waals surface area contributed by atoms with Gasteiger partial charge < -0.3 is 10.8 Å². The third-order valence-corrected chi connectivity index (χ3v) is 1.83. The fraction of sp³-hybridized carbons (Fsp3) is 1.00. The molecule has 3 N–H and O–H groups in total. The second-order valence-electron chi connectivity index (χ2n) is 1.35. The standard InChI is InChI=1S/C4H10INO/c5-4(3-6)1-2-7/h4,7H,1-3,6H2/t4-/m0/s1. The molecule has 0 fully saturated rings. The number of aliphatic hydroxyl groups is 1. The molecule has 0 aliphatic rings. The van der Waals surface area contributed by atoms with Crippen molar-refractivity contribution in [2.45, 2.75) is 10.3 Å². The Hall–Kier alpha value is 0.650. The third-order valence-electron chi connectivity index (χ3n) is 0.698. The largest absolute Gasteiger partial charge is 0.396 e. The van der Waals surface area contributed by atoms with Crippen molar-refractivity contribution in [3.63, 3.8) is 0 Å². The van der Waals surface area contributed by atoms with Gasteiger partial charge >= 0.3 is 0 Å². The first-order chi connectivity index (χ1) is 3.31. The van der Waals surface area contributed by atoms with Gasteiger partial charge in [0.15, 0.2) is 0 Å². The Morgan fingerprint density at radius 2 is 2.29 bits per heavy atom. The first-order valence-electron chi connectivity index (χ1n) is 2.26. The van der Waals surface area contributed by atoms with Crippen molar-refractivity contribution in [2.24, 2.45) is 5.73 Å². The van der Waals surface area contributed by atoms with Crippen LogP contribution < -0.4 is 5.73 Å². The minimum atomic E-state index is 0.255. The monoisotopic (exact) mass is 215 g/mol. The second kappa shape index (κ2) is 4.80. The van der Waals surface area contributed by atoms with Crippen LogP contribution >= 0.6 is 22.6 Å². The predicted molar refractivity (Wildman–Crippen MR) is 38.6 cm³/mol. The van der Waals surface area contributed by atoms with Gasteiger partial charge in [-0.15, -0.1) is 0 Å². The second-order valence-corrected chi connectivity index (χ2v) is 3.11. The van der Waals surface area contributed by atoms with E-state index in [0.717, 1.165) is 6.42 Å². The topological polar surface area (TPSA) is 46.2 Å². The molecule has 0 rings (SSSR count). The highest BCUT2D eigenvalue weighted by Crippen LogP contribution is 2.00. The number of rotatable bonds is 3. The highest BCUT2D eigenvalue weighted by molar-refractivity contribution is 14.1. The molecular weight excluding hydrogens is 205 g/mol. The number of hydrogen-bond donors (Lipinski definition) is 2. The van der Waals surface area contributed by atoms with Crippen LogP contribution in [-0.4, -0.2) is 22.2 Å². The molecule has 2 nitrogen and oxygen atoms in total. The summed E-state index contributed by atoms with van der Waals surface area (Å²) >= 11 is 2.22. The maximum Gasteiger partial charge on any atom is 0.0441 e. The molecule has 0 aliphatic carbocycles. The van der Waals surface area contributed by atoms with Crippen LogP contribution in [0.2, 0.25) is 0 Å². The van der Waals surface area contributed by atoms with Gasteiger partial charge in [0.1, 0.15) is 0 Å². The van der Waals surface area contributed by atoms with Crippen molar-refractivity contribution in [3.05, 3.63) is 0 Å². The molecule has 0 radical (unpaired) electrons. The van der Waals surface area contributed by atoms with E-state index in [9.17, 15) is 0 Å². The summed E-state index contributed by atoms with van der Waals surface area (Å²) in [6.07, 6.45) is 0.817. The zero-order valence-corrected chi connectivity index (χ0v) is 6.26. The molecule has 0 saturated heterocycles. The maximum atomic E-state index is 8.31. The fourth-order valence-electron chi connectivity index (χ4n) is 0.258. The lowest BCUT2D eigenvalue weighted by Gasteiger charge is -2.00. The lowest BCUT2D eigenvalue weighted by molar-refractivity contribution is 0.289. The molecule has 0 heterocycles. The molecule has 0 saturated carbocycles. The molecule has 0 spiro atoms. The van der Waals surface area contributed by atoms with Crippen LogP contribution in [0.4, 0.5) is 0 Å². The maximum absolute atomic E-state index is 8.31. The van der Waals surface area contributed by atoms with E-state index in [1.807, 2.05) is 0 Å². The average molecular weight is 215 g/mol. The van der Waals surface area contributed by atoms with E-state index in [2.05, 4.69) is 22.6 Å². The van der Waals surface area contributed by atoms with Crippen molar-refractivity contribution in [1.29, 1.82) is 0 Å². The van der Waals surface area contributed by atoms with E-state index in [4.69, 9.17) is 10.8 Å². The van der Waals surface area contributed by atoms with Gasteiger partial charge in [-0.25, -0.2) is 0 Å². The quantitative estimate of drug-likeness (QED) is 0.519. The number of halogens is 1. The third kappa shape index (κ3) is 4.50. The Labute approximate surface area is 57.2 Å². The van der Waals surface area contributed by atoms with Gasteiger partial charge in [-0.05, 0) is 6.42 Å². The van der Waals surface area contributed by atoms with Crippen LogP contribution in [0.25, 0.3) is 0 Å². The first kappa shape index (κ1) is 7.65. The van der Waals surface area contributed by atoms with E-state index in [-0.39, 0.29) is 6.61 Å². The van der Waals surface area contributed by atoms with Gasteiger partial charge in [0.05, 0.1) is 0 Å². The van der Waals surface area contributed by atoms with Crippen molar-refractivity contribution in [3.8, 4) is 0 Å². The molecule has 0 bridgehead atoms. The van der Waals surface area contributed by atoms with Crippen molar-refractivity contribution >= 4 is 22.6 Å². The fourth-order valence-corrected chi connectivity index (χ4v) is 0.536. The normalized spacial score (nSPS) is 14.1. The van der Waals surface area contributed by atoms with Gasteiger partial charge in [0.2, 0.25) is 0 Å². The summed E-state index contributed by atoms with van der Waals surface area (Å²) in [7, 11) is 0. The molecule has 1 atom stereocenters. The molecule has 0 aliphatic heterocycles. The Bertz CT molecular complexity index is 42.7. The Morgan fingerprint density at radius 1 is 1.71 bits per heavy atom. The summed E-state index contributed by atoms with van der Waals surface area (Å²) in [6.45, 7) is 0.923. The van der Waals surface area contributed by atoms with Crippen LogP contribution in [0.15, 0.2) is 0 Å². The summed E-state index contributed by atoms with van der Waals surface area (Å²) in [5.41, 5.74) is 5.24. The summed E-state index contributed by atoms with van der Waals surface area (Å²) < 4.78 is 0.447.